The average molecular weight is 266 g/mol. The van der Waals surface area contributed by atoms with Crippen LogP contribution in [0.15, 0.2) is 0 Å². The number of hydrogen-bond acceptors (Lipinski definition) is 2. The van der Waals surface area contributed by atoms with E-state index in [0.29, 0.717) is 0 Å². The lowest BCUT2D eigenvalue weighted by Crippen LogP contribution is -2.45. The zero-order valence-electron chi connectivity index (χ0n) is 13.0. The van der Waals surface area contributed by atoms with Crippen LogP contribution >= 0.6 is 0 Å². The van der Waals surface area contributed by atoms with Gasteiger partial charge in [0.1, 0.15) is 0 Å². The van der Waals surface area contributed by atoms with Gasteiger partial charge in [0.05, 0.1) is 0 Å². The van der Waals surface area contributed by atoms with E-state index in [2.05, 4.69) is 17.1 Å². The van der Waals surface area contributed by atoms with Gasteiger partial charge in [-0.15, -0.1) is 0 Å². The third kappa shape index (κ3) is 5.43. The first-order valence-electron chi connectivity index (χ1n) is 8.86. The van der Waals surface area contributed by atoms with Gasteiger partial charge < -0.3 is 10.2 Å². The molecule has 2 atom stereocenters. The highest BCUT2D eigenvalue weighted by atomic mass is 15.1. The van der Waals surface area contributed by atoms with E-state index in [-0.39, 0.29) is 0 Å². The van der Waals surface area contributed by atoms with E-state index in [1.165, 1.54) is 90.4 Å². The van der Waals surface area contributed by atoms with Crippen LogP contribution in [0.25, 0.3) is 0 Å². The number of hydrogen-bond donors (Lipinski definition) is 1. The Balaban J connectivity index is 1.79. The molecule has 2 nitrogen and oxygen atoms in total. The summed E-state index contributed by atoms with van der Waals surface area (Å²) in [6.45, 7) is 7.57. The third-order valence-electron chi connectivity index (χ3n) is 5.01. The molecule has 112 valence electrons. The van der Waals surface area contributed by atoms with Crippen LogP contribution in [0.2, 0.25) is 0 Å². The van der Waals surface area contributed by atoms with E-state index < -0.39 is 0 Å². The molecule has 2 fully saturated rings. The summed E-state index contributed by atoms with van der Waals surface area (Å²) in [5.41, 5.74) is 0. The molecule has 0 radical (unpaired) electrons. The molecule has 1 saturated carbocycles. The molecule has 1 aliphatic carbocycles. The van der Waals surface area contributed by atoms with E-state index in [9.17, 15) is 0 Å². The second-order valence-corrected chi connectivity index (χ2v) is 6.67. The summed E-state index contributed by atoms with van der Waals surface area (Å²) in [5, 5.41) is 3.81. The minimum Gasteiger partial charge on any atom is -0.314 e. The van der Waals surface area contributed by atoms with E-state index in [4.69, 9.17) is 0 Å². The molecular formula is C17H34N2. The maximum absolute atomic E-state index is 3.81. The summed E-state index contributed by atoms with van der Waals surface area (Å²) < 4.78 is 0. The summed E-state index contributed by atoms with van der Waals surface area (Å²) in [4.78, 5) is 2.77. The van der Waals surface area contributed by atoms with Crippen LogP contribution in [0.3, 0.4) is 0 Å². The molecule has 0 bridgehead atoms. The van der Waals surface area contributed by atoms with Crippen LogP contribution in [0, 0.1) is 5.92 Å². The predicted molar refractivity (Wildman–Crippen MR) is 83.6 cm³/mol. The van der Waals surface area contributed by atoms with Crippen molar-refractivity contribution < 1.29 is 0 Å². The molecule has 2 aliphatic rings. The van der Waals surface area contributed by atoms with Gasteiger partial charge in [-0.1, -0.05) is 39.0 Å². The van der Waals surface area contributed by atoms with E-state index in [1.54, 1.807) is 0 Å². The van der Waals surface area contributed by atoms with Gasteiger partial charge in [-0.3, -0.25) is 0 Å². The van der Waals surface area contributed by atoms with Gasteiger partial charge in [-0.25, -0.2) is 0 Å². The van der Waals surface area contributed by atoms with Crippen LogP contribution in [-0.4, -0.2) is 37.1 Å². The Labute approximate surface area is 120 Å². The van der Waals surface area contributed by atoms with Gasteiger partial charge in [0.2, 0.25) is 0 Å². The highest BCUT2D eigenvalue weighted by Crippen LogP contribution is 2.26. The zero-order valence-corrected chi connectivity index (χ0v) is 13.0. The third-order valence-corrected chi connectivity index (χ3v) is 5.01. The van der Waals surface area contributed by atoms with Crippen LogP contribution in [-0.2, 0) is 0 Å². The fourth-order valence-electron chi connectivity index (χ4n) is 3.85. The van der Waals surface area contributed by atoms with Crippen molar-refractivity contribution in [2.45, 2.75) is 77.2 Å². The Kier molecular flexibility index (Phi) is 7.23. The molecule has 1 N–H and O–H groups in total. The van der Waals surface area contributed by atoms with Crippen LogP contribution < -0.4 is 5.32 Å². The molecule has 0 aromatic carbocycles. The quantitative estimate of drug-likeness (QED) is 0.814. The van der Waals surface area contributed by atoms with Gasteiger partial charge >= 0.3 is 0 Å². The second kappa shape index (κ2) is 8.97. The smallest absolute Gasteiger partial charge is 0.0107 e. The number of likely N-dealkylation sites (tertiary alicyclic amines) is 1. The molecule has 2 heteroatoms. The van der Waals surface area contributed by atoms with Crippen molar-refractivity contribution in [2.75, 3.05) is 26.2 Å². The van der Waals surface area contributed by atoms with Crippen molar-refractivity contribution >= 4 is 0 Å². The predicted octanol–water partition coefficient (Wildman–Crippen LogP) is 3.81. The molecular weight excluding hydrogens is 232 g/mol. The molecule has 0 amide bonds. The Morgan fingerprint density at radius 2 is 1.58 bits per heavy atom. The minimum absolute atomic E-state index is 0.805. The SMILES string of the molecule is CCCNC1CCCCC1CN1CCCCCCC1. The monoisotopic (exact) mass is 266 g/mol. The van der Waals surface area contributed by atoms with Gasteiger partial charge in [0.15, 0.2) is 0 Å². The molecule has 0 spiro atoms. The van der Waals surface area contributed by atoms with Crippen LogP contribution in [0.5, 0.6) is 0 Å². The van der Waals surface area contributed by atoms with Gasteiger partial charge in [0.25, 0.3) is 0 Å². The van der Waals surface area contributed by atoms with Crippen molar-refractivity contribution in [3.8, 4) is 0 Å². The first-order valence-corrected chi connectivity index (χ1v) is 8.86. The summed E-state index contributed by atoms with van der Waals surface area (Å²) in [7, 11) is 0. The molecule has 2 unspecified atom stereocenters. The van der Waals surface area contributed by atoms with Crippen molar-refractivity contribution in [3.63, 3.8) is 0 Å². The molecule has 1 saturated heterocycles. The lowest BCUT2D eigenvalue weighted by atomic mass is 9.84. The lowest BCUT2D eigenvalue weighted by Gasteiger charge is -2.36. The highest BCUT2D eigenvalue weighted by molar-refractivity contribution is 4.83. The summed E-state index contributed by atoms with van der Waals surface area (Å²) in [6.07, 6.45) is 14.3. The first kappa shape index (κ1) is 15.3. The molecule has 1 aliphatic heterocycles. The van der Waals surface area contributed by atoms with E-state index >= 15 is 0 Å². The van der Waals surface area contributed by atoms with Gasteiger partial charge in [-0.05, 0) is 57.7 Å². The summed E-state index contributed by atoms with van der Waals surface area (Å²) >= 11 is 0. The Hall–Kier alpha value is -0.0800. The zero-order chi connectivity index (χ0) is 13.3. The van der Waals surface area contributed by atoms with Crippen molar-refractivity contribution in [2.24, 2.45) is 5.92 Å². The second-order valence-electron chi connectivity index (χ2n) is 6.67. The number of nitrogens with zero attached hydrogens (tertiary/aromatic N) is 1. The largest absolute Gasteiger partial charge is 0.314 e. The fourth-order valence-corrected chi connectivity index (χ4v) is 3.85. The fraction of sp³-hybridized carbons (Fsp3) is 1.00. The van der Waals surface area contributed by atoms with Crippen molar-refractivity contribution in [1.29, 1.82) is 0 Å². The van der Waals surface area contributed by atoms with Crippen molar-refractivity contribution in [1.82, 2.24) is 10.2 Å². The summed E-state index contributed by atoms with van der Waals surface area (Å²) in [5.74, 6) is 0.916. The average Bonchev–Trinajstić information content (AvgIpc) is 2.40. The molecule has 19 heavy (non-hydrogen) atoms. The Bertz CT molecular complexity index is 221. The highest BCUT2D eigenvalue weighted by Gasteiger charge is 2.26. The van der Waals surface area contributed by atoms with Crippen LogP contribution in [0.4, 0.5) is 0 Å². The van der Waals surface area contributed by atoms with Crippen LogP contribution in [0.1, 0.15) is 71.1 Å². The standard InChI is InChI=1S/C17H34N2/c1-2-12-18-17-11-7-6-10-16(17)15-19-13-8-4-3-5-9-14-19/h16-18H,2-15H2,1H3. The molecule has 0 aromatic rings. The minimum atomic E-state index is 0.805. The molecule has 1 heterocycles. The maximum atomic E-state index is 3.81. The van der Waals surface area contributed by atoms with Gasteiger partial charge in [-0.2, -0.15) is 0 Å². The Morgan fingerprint density at radius 1 is 0.895 bits per heavy atom. The normalized spacial score (nSPS) is 30.8. The Morgan fingerprint density at radius 3 is 2.32 bits per heavy atom. The lowest BCUT2D eigenvalue weighted by molar-refractivity contribution is 0.158. The van der Waals surface area contributed by atoms with E-state index in [1.807, 2.05) is 0 Å². The van der Waals surface area contributed by atoms with Crippen molar-refractivity contribution in [3.05, 3.63) is 0 Å². The number of nitrogens with one attached hydrogen (secondary N) is 1. The maximum Gasteiger partial charge on any atom is 0.0107 e. The van der Waals surface area contributed by atoms with E-state index in [0.717, 1.165) is 12.0 Å². The summed E-state index contributed by atoms with van der Waals surface area (Å²) in [6, 6.07) is 0.805. The molecule has 0 aromatic heterocycles. The number of rotatable bonds is 5. The first-order chi connectivity index (χ1) is 9.40. The van der Waals surface area contributed by atoms with Gasteiger partial charge in [0, 0.05) is 12.6 Å². The molecule has 2 rings (SSSR count). The topological polar surface area (TPSA) is 15.3 Å².